The van der Waals surface area contributed by atoms with E-state index in [-0.39, 0.29) is 5.75 Å². The normalized spacial score (nSPS) is 18.4. The van der Waals surface area contributed by atoms with Crippen LogP contribution < -0.4 is 0 Å². The van der Waals surface area contributed by atoms with Crippen LogP contribution in [0.2, 0.25) is 0 Å². The summed E-state index contributed by atoms with van der Waals surface area (Å²) in [5.41, 5.74) is 0. The van der Waals surface area contributed by atoms with Crippen molar-refractivity contribution in [2.45, 2.75) is 43.9 Å². The van der Waals surface area contributed by atoms with E-state index in [1.165, 1.54) is 31.0 Å². The molecule has 2 rings (SSSR count). The van der Waals surface area contributed by atoms with Crippen molar-refractivity contribution in [3.63, 3.8) is 0 Å². The van der Waals surface area contributed by atoms with E-state index >= 15 is 0 Å². The number of carboxylic acids is 1. The summed E-state index contributed by atoms with van der Waals surface area (Å²) in [6.07, 6.45) is 5.56. The smallest absolute Gasteiger partial charge is 0.313 e. The van der Waals surface area contributed by atoms with Crippen LogP contribution in [-0.2, 0) is 11.3 Å². The van der Waals surface area contributed by atoms with E-state index in [0.717, 1.165) is 19.6 Å². The molecular formula is C12H20N4O2S. The molecule has 1 aliphatic rings. The topological polar surface area (TPSA) is 71.2 Å². The van der Waals surface area contributed by atoms with E-state index in [9.17, 15) is 4.79 Å². The number of aliphatic carboxylic acids is 1. The molecule has 1 aliphatic heterocycles. The minimum Gasteiger partial charge on any atom is -0.481 e. The van der Waals surface area contributed by atoms with Gasteiger partial charge < -0.3 is 9.67 Å². The molecule has 1 unspecified atom stereocenters. The van der Waals surface area contributed by atoms with Crippen molar-refractivity contribution in [1.82, 2.24) is 19.7 Å². The van der Waals surface area contributed by atoms with Crippen LogP contribution in [0.1, 0.15) is 26.2 Å². The highest BCUT2D eigenvalue weighted by atomic mass is 32.2. The standard InChI is InChI=1S/C12H20N4O2S/c1-10(15-5-3-2-4-6-15)7-16-9-13-14-12(16)19-8-11(17)18/h9-10H,2-8H2,1H3,(H,17,18). The van der Waals surface area contributed by atoms with Crippen molar-refractivity contribution < 1.29 is 9.90 Å². The SMILES string of the molecule is CC(Cn1cnnc1SCC(=O)O)N1CCCCC1. The number of rotatable bonds is 6. The largest absolute Gasteiger partial charge is 0.481 e. The van der Waals surface area contributed by atoms with E-state index in [0.29, 0.717) is 11.2 Å². The molecule has 106 valence electrons. The maximum Gasteiger partial charge on any atom is 0.313 e. The minimum absolute atomic E-state index is 0.0246. The Hall–Kier alpha value is -1.08. The Morgan fingerprint density at radius 2 is 2.21 bits per heavy atom. The van der Waals surface area contributed by atoms with E-state index < -0.39 is 5.97 Å². The Balaban J connectivity index is 1.90. The number of carbonyl (C=O) groups is 1. The van der Waals surface area contributed by atoms with Gasteiger partial charge in [-0.25, -0.2) is 0 Å². The quantitative estimate of drug-likeness (QED) is 0.795. The minimum atomic E-state index is -0.830. The average molecular weight is 284 g/mol. The van der Waals surface area contributed by atoms with Crippen LogP contribution in [0.4, 0.5) is 0 Å². The Morgan fingerprint density at radius 1 is 1.47 bits per heavy atom. The summed E-state index contributed by atoms with van der Waals surface area (Å²) in [5.74, 6) is -0.805. The third-order valence-electron chi connectivity index (χ3n) is 3.38. The summed E-state index contributed by atoms with van der Waals surface area (Å²) in [6, 6.07) is 0.431. The predicted molar refractivity (Wildman–Crippen MR) is 73.3 cm³/mol. The first kappa shape index (κ1) is 14.3. The van der Waals surface area contributed by atoms with Crippen molar-refractivity contribution in [2.24, 2.45) is 0 Å². The zero-order valence-corrected chi connectivity index (χ0v) is 12.0. The van der Waals surface area contributed by atoms with E-state index in [2.05, 4.69) is 22.0 Å². The van der Waals surface area contributed by atoms with Gasteiger partial charge in [0.05, 0.1) is 5.75 Å². The molecule has 0 aromatic carbocycles. The second kappa shape index (κ2) is 6.91. The monoisotopic (exact) mass is 284 g/mol. The van der Waals surface area contributed by atoms with Crippen LogP contribution in [0.5, 0.6) is 0 Å². The third-order valence-corrected chi connectivity index (χ3v) is 4.35. The number of likely N-dealkylation sites (tertiary alicyclic amines) is 1. The zero-order chi connectivity index (χ0) is 13.7. The lowest BCUT2D eigenvalue weighted by Gasteiger charge is -2.32. The Kier molecular flexibility index (Phi) is 5.21. The third kappa shape index (κ3) is 4.21. The van der Waals surface area contributed by atoms with Gasteiger partial charge in [-0.2, -0.15) is 0 Å². The van der Waals surface area contributed by atoms with Crippen LogP contribution in [0.15, 0.2) is 11.5 Å². The van der Waals surface area contributed by atoms with Gasteiger partial charge in [-0.1, -0.05) is 18.2 Å². The molecule has 1 aromatic heterocycles. The van der Waals surface area contributed by atoms with Crippen LogP contribution in [-0.4, -0.2) is 55.6 Å². The number of hydrogen-bond acceptors (Lipinski definition) is 5. The molecule has 6 nitrogen and oxygen atoms in total. The van der Waals surface area contributed by atoms with E-state index in [1.807, 2.05) is 4.57 Å². The van der Waals surface area contributed by atoms with Crippen molar-refractivity contribution >= 4 is 17.7 Å². The van der Waals surface area contributed by atoms with Crippen LogP contribution in [0.3, 0.4) is 0 Å². The predicted octanol–water partition coefficient (Wildman–Crippen LogP) is 1.33. The summed E-state index contributed by atoms with van der Waals surface area (Å²) >= 11 is 1.22. The summed E-state index contributed by atoms with van der Waals surface area (Å²) < 4.78 is 1.95. The van der Waals surface area contributed by atoms with Crippen molar-refractivity contribution in [2.75, 3.05) is 18.8 Å². The number of thioether (sulfide) groups is 1. The molecule has 0 bridgehead atoms. The number of piperidine rings is 1. The molecule has 1 N–H and O–H groups in total. The molecule has 7 heteroatoms. The average Bonchev–Trinajstić information content (AvgIpc) is 2.84. The summed E-state index contributed by atoms with van der Waals surface area (Å²) in [6.45, 7) is 5.33. The molecule has 0 amide bonds. The lowest BCUT2D eigenvalue weighted by atomic mass is 10.1. The maximum absolute atomic E-state index is 10.6. The van der Waals surface area contributed by atoms with Gasteiger partial charge >= 0.3 is 5.97 Å². The number of hydrogen-bond donors (Lipinski definition) is 1. The van der Waals surface area contributed by atoms with Crippen molar-refractivity contribution in [1.29, 1.82) is 0 Å². The van der Waals surface area contributed by atoms with Gasteiger partial charge in [0.2, 0.25) is 0 Å². The molecule has 1 aromatic rings. The summed E-state index contributed by atoms with van der Waals surface area (Å²) in [7, 11) is 0. The first-order valence-corrected chi connectivity index (χ1v) is 7.62. The maximum atomic E-state index is 10.6. The summed E-state index contributed by atoms with van der Waals surface area (Å²) in [5, 5.41) is 17.2. The Bertz CT molecular complexity index is 418. The molecule has 0 saturated carbocycles. The van der Waals surface area contributed by atoms with Gasteiger partial charge in [0.15, 0.2) is 5.16 Å². The second-order valence-electron chi connectivity index (χ2n) is 4.89. The van der Waals surface area contributed by atoms with E-state index in [1.54, 1.807) is 6.33 Å². The molecule has 2 heterocycles. The van der Waals surface area contributed by atoms with Crippen LogP contribution >= 0.6 is 11.8 Å². The molecule has 0 aliphatic carbocycles. The van der Waals surface area contributed by atoms with Gasteiger partial charge in [-0.05, 0) is 32.9 Å². The molecular weight excluding hydrogens is 264 g/mol. The lowest BCUT2D eigenvalue weighted by molar-refractivity contribution is -0.133. The van der Waals surface area contributed by atoms with Gasteiger partial charge in [-0.3, -0.25) is 9.69 Å². The molecule has 0 radical (unpaired) electrons. The first-order chi connectivity index (χ1) is 9.16. The molecule has 0 spiro atoms. The van der Waals surface area contributed by atoms with Crippen LogP contribution in [0, 0.1) is 0 Å². The van der Waals surface area contributed by atoms with Gasteiger partial charge in [0, 0.05) is 12.6 Å². The van der Waals surface area contributed by atoms with Crippen molar-refractivity contribution in [3.05, 3.63) is 6.33 Å². The van der Waals surface area contributed by atoms with Gasteiger partial charge in [0.1, 0.15) is 6.33 Å². The summed E-state index contributed by atoms with van der Waals surface area (Å²) in [4.78, 5) is 13.1. The number of aromatic nitrogens is 3. The molecule has 1 fully saturated rings. The van der Waals surface area contributed by atoms with Gasteiger partial charge in [0.25, 0.3) is 0 Å². The fourth-order valence-electron chi connectivity index (χ4n) is 2.37. The Labute approximate surface area is 117 Å². The highest BCUT2D eigenvalue weighted by molar-refractivity contribution is 7.99. The molecule has 1 atom stereocenters. The van der Waals surface area contributed by atoms with Crippen LogP contribution in [0.25, 0.3) is 0 Å². The fourth-order valence-corrected chi connectivity index (χ4v) is 3.01. The second-order valence-corrected chi connectivity index (χ2v) is 5.84. The number of nitrogens with zero attached hydrogens (tertiary/aromatic N) is 4. The molecule has 19 heavy (non-hydrogen) atoms. The van der Waals surface area contributed by atoms with E-state index in [4.69, 9.17) is 5.11 Å². The number of carboxylic acid groups (broad SMARTS) is 1. The van der Waals surface area contributed by atoms with Gasteiger partial charge in [-0.15, -0.1) is 10.2 Å². The fraction of sp³-hybridized carbons (Fsp3) is 0.750. The first-order valence-electron chi connectivity index (χ1n) is 6.63. The lowest BCUT2D eigenvalue weighted by Crippen LogP contribution is -2.39. The Morgan fingerprint density at radius 3 is 2.89 bits per heavy atom. The highest BCUT2D eigenvalue weighted by Crippen LogP contribution is 2.17. The zero-order valence-electron chi connectivity index (χ0n) is 11.2. The molecule has 1 saturated heterocycles. The van der Waals surface area contributed by atoms with Crippen molar-refractivity contribution in [3.8, 4) is 0 Å². The highest BCUT2D eigenvalue weighted by Gasteiger charge is 2.18.